The third-order valence-corrected chi connectivity index (χ3v) is 0.918. The molecule has 0 heterocycles. The van der Waals surface area contributed by atoms with Crippen molar-refractivity contribution in [3.05, 3.63) is 0 Å². The normalized spacial score (nSPS) is 10.7. The second-order valence-corrected chi connectivity index (χ2v) is 3.07. The van der Waals surface area contributed by atoms with Crippen LogP contribution in [0.2, 0.25) is 0 Å². The number of hydrogen-bond donors (Lipinski definition) is 2. The number of nitrogens with two attached hydrogens (primary N) is 1. The van der Waals surface area contributed by atoms with E-state index in [9.17, 15) is 9.59 Å². The van der Waals surface area contributed by atoms with Crippen molar-refractivity contribution in [3.63, 3.8) is 0 Å². The van der Waals surface area contributed by atoms with E-state index in [1.165, 1.54) is 0 Å². The van der Waals surface area contributed by atoms with Crippen molar-refractivity contribution < 1.29 is 9.59 Å². The van der Waals surface area contributed by atoms with Gasteiger partial charge in [-0.2, -0.15) is 0 Å². The van der Waals surface area contributed by atoms with Crippen LogP contribution in [-0.2, 0) is 4.79 Å². The van der Waals surface area contributed by atoms with Gasteiger partial charge in [-0.1, -0.05) is 20.8 Å². The van der Waals surface area contributed by atoms with Gasteiger partial charge in [-0.25, -0.2) is 4.79 Å². The van der Waals surface area contributed by atoms with E-state index in [0.29, 0.717) is 0 Å². The first-order valence-corrected chi connectivity index (χ1v) is 2.95. The molecule has 4 nitrogen and oxygen atoms in total. The third-order valence-electron chi connectivity index (χ3n) is 0.918. The summed E-state index contributed by atoms with van der Waals surface area (Å²) in [7, 11) is 0. The molecule has 0 saturated carbocycles. The standard InChI is InChI=1S/C6H12N2O2/c1-6(2,3)4(9)8-5(7)10/h1-3H3,(H3,7,8,9,10). The molecule has 3 amide bonds. The van der Waals surface area contributed by atoms with Gasteiger partial charge in [0.05, 0.1) is 0 Å². The number of hydrogen-bond acceptors (Lipinski definition) is 2. The topological polar surface area (TPSA) is 72.2 Å². The van der Waals surface area contributed by atoms with Gasteiger partial charge in [0.15, 0.2) is 0 Å². The first-order valence-electron chi connectivity index (χ1n) is 2.95. The summed E-state index contributed by atoms with van der Waals surface area (Å²) in [6.07, 6.45) is 0. The van der Waals surface area contributed by atoms with E-state index >= 15 is 0 Å². The van der Waals surface area contributed by atoms with Crippen molar-refractivity contribution in [3.8, 4) is 0 Å². The van der Waals surface area contributed by atoms with E-state index in [1.807, 2.05) is 5.32 Å². The quantitative estimate of drug-likeness (QED) is 0.510. The van der Waals surface area contributed by atoms with E-state index in [-0.39, 0.29) is 5.91 Å². The Balaban J connectivity index is 3.99. The lowest BCUT2D eigenvalue weighted by atomic mass is 9.96. The van der Waals surface area contributed by atoms with Crippen LogP contribution in [0.4, 0.5) is 4.79 Å². The zero-order valence-electron chi connectivity index (χ0n) is 6.39. The van der Waals surface area contributed by atoms with Crippen molar-refractivity contribution in [1.82, 2.24) is 5.32 Å². The number of amides is 3. The highest BCUT2D eigenvalue weighted by molar-refractivity contribution is 5.96. The summed E-state index contributed by atoms with van der Waals surface area (Å²) >= 11 is 0. The molecule has 0 aromatic carbocycles. The molecule has 10 heavy (non-hydrogen) atoms. The van der Waals surface area contributed by atoms with E-state index in [2.05, 4.69) is 0 Å². The molecule has 0 aromatic rings. The highest BCUT2D eigenvalue weighted by Gasteiger charge is 2.21. The van der Waals surface area contributed by atoms with E-state index < -0.39 is 11.4 Å². The molecule has 0 aliphatic heterocycles. The Labute approximate surface area is 59.8 Å². The first-order chi connectivity index (χ1) is 4.34. The smallest absolute Gasteiger partial charge is 0.318 e. The number of nitrogens with one attached hydrogen (secondary N) is 1. The minimum absolute atomic E-state index is 0.361. The van der Waals surface area contributed by atoms with Crippen LogP contribution in [-0.4, -0.2) is 11.9 Å². The fourth-order valence-electron chi connectivity index (χ4n) is 0.299. The summed E-state index contributed by atoms with van der Waals surface area (Å²) in [5.41, 5.74) is 4.16. The fourth-order valence-corrected chi connectivity index (χ4v) is 0.299. The van der Waals surface area contributed by atoms with Gasteiger partial charge in [0, 0.05) is 5.41 Å². The van der Waals surface area contributed by atoms with Crippen LogP contribution >= 0.6 is 0 Å². The van der Waals surface area contributed by atoms with Crippen LogP contribution in [0.1, 0.15) is 20.8 Å². The second kappa shape index (κ2) is 2.68. The van der Waals surface area contributed by atoms with E-state index in [1.54, 1.807) is 20.8 Å². The number of carbonyl (C=O) groups excluding carboxylic acids is 2. The third kappa shape index (κ3) is 3.06. The van der Waals surface area contributed by atoms with Crippen LogP contribution in [0.3, 0.4) is 0 Å². The number of rotatable bonds is 0. The van der Waals surface area contributed by atoms with E-state index in [4.69, 9.17) is 5.73 Å². The molecule has 0 rings (SSSR count). The molecule has 0 aliphatic rings. The zero-order valence-corrected chi connectivity index (χ0v) is 6.39. The summed E-state index contributed by atoms with van der Waals surface area (Å²) < 4.78 is 0. The number of primary amides is 1. The molecule has 0 bridgehead atoms. The van der Waals surface area contributed by atoms with Crippen LogP contribution in [0.5, 0.6) is 0 Å². The zero-order chi connectivity index (χ0) is 8.36. The molecule has 0 spiro atoms. The summed E-state index contributed by atoms with van der Waals surface area (Å²) in [4.78, 5) is 21.0. The molecular formula is C6H12N2O2. The van der Waals surface area contributed by atoms with Crippen molar-refractivity contribution in [2.45, 2.75) is 20.8 Å². The molecule has 0 aliphatic carbocycles. The average Bonchev–Trinajstić information content (AvgIpc) is 1.60. The van der Waals surface area contributed by atoms with Gasteiger partial charge in [-0.05, 0) is 0 Å². The first kappa shape index (κ1) is 8.94. The maximum absolute atomic E-state index is 10.9. The van der Waals surface area contributed by atoms with E-state index in [0.717, 1.165) is 0 Å². The second-order valence-electron chi connectivity index (χ2n) is 3.07. The van der Waals surface area contributed by atoms with Gasteiger partial charge in [0.25, 0.3) is 0 Å². The van der Waals surface area contributed by atoms with Crippen molar-refractivity contribution in [2.75, 3.05) is 0 Å². The highest BCUT2D eigenvalue weighted by atomic mass is 16.2. The lowest BCUT2D eigenvalue weighted by Gasteiger charge is -2.15. The molecule has 0 atom stereocenters. The number of imide groups is 1. The summed E-state index contributed by atoms with van der Waals surface area (Å²) in [5.74, 6) is -0.361. The monoisotopic (exact) mass is 144 g/mol. The lowest BCUT2D eigenvalue weighted by Crippen LogP contribution is -2.41. The Morgan fingerprint density at radius 1 is 1.30 bits per heavy atom. The summed E-state index contributed by atoms with van der Waals surface area (Å²) in [6, 6.07) is -0.806. The molecule has 58 valence electrons. The Kier molecular flexibility index (Phi) is 2.40. The Morgan fingerprint density at radius 3 is 1.80 bits per heavy atom. The average molecular weight is 144 g/mol. The van der Waals surface area contributed by atoms with Crippen LogP contribution in [0.15, 0.2) is 0 Å². The van der Waals surface area contributed by atoms with Gasteiger partial charge in [-0.3, -0.25) is 10.1 Å². The Bertz CT molecular complexity index is 158. The maximum Gasteiger partial charge on any atom is 0.318 e. The van der Waals surface area contributed by atoms with Crippen LogP contribution in [0.25, 0.3) is 0 Å². The molecule has 0 unspecified atom stereocenters. The predicted molar refractivity (Wildman–Crippen MR) is 37.2 cm³/mol. The molecule has 0 fully saturated rings. The van der Waals surface area contributed by atoms with Crippen LogP contribution < -0.4 is 11.1 Å². The summed E-state index contributed by atoms with van der Waals surface area (Å²) in [5, 5.41) is 1.98. The van der Waals surface area contributed by atoms with Gasteiger partial charge in [0.2, 0.25) is 5.91 Å². The largest absolute Gasteiger partial charge is 0.351 e. The Morgan fingerprint density at radius 2 is 1.70 bits per heavy atom. The molecule has 4 heteroatoms. The summed E-state index contributed by atoms with van der Waals surface area (Å²) in [6.45, 7) is 5.10. The maximum atomic E-state index is 10.9. The predicted octanol–water partition coefficient (Wildman–Crippen LogP) is 0.227. The minimum Gasteiger partial charge on any atom is -0.351 e. The molecular weight excluding hydrogens is 132 g/mol. The highest BCUT2D eigenvalue weighted by Crippen LogP contribution is 2.11. The fraction of sp³-hybridized carbons (Fsp3) is 0.667. The minimum atomic E-state index is -0.806. The molecule has 0 saturated heterocycles. The lowest BCUT2D eigenvalue weighted by molar-refractivity contribution is -0.127. The van der Waals surface area contributed by atoms with Crippen molar-refractivity contribution >= 4 is 11.9 Å². The molecule has 0 radical (unpaired) electrons. The Hall–Kier alpha value is -1.06. The van der Waals surface area contributed by atoms with Gasteiger partial charge < -0.3 is 5.73 Å². The van der Waals surface area contributed by atoms with Gasteiger partial charge in [0.1, 0.15) is 0 Å². The SMILES string of the molecule is CC(C)(C)C(=O)NC(N)=O. The van der Waals surface area contributed by atoms with Gasteiger partial charge in [-0.15, -0.1) is 0 Å². The van der Waals surface area contributed by atoms with Crippen molar-refractivity contribution in [2.24, 2.45) is 11.1 Å². The molecule has 0 aromatic heterocycles. The number of carbonyl (C=O) groups is 2. The van der Waals surface area contributed by atoms with Gasteiger partial charge >= 0.3 is 6.03 Å². The van der Waals surface area contributed by atoms with Crippen LogP contribution in [0, 0.1) is 5.41 Å². The van der Waals surface area contributed by atoms with Crippen molar-refractivity contribution in [1.29, 1.82) is 0 Å². The molecule has 3 N–H and O–H groups in total. The number of urea groups is 1.